The standard InChI is InChI=1S/C28H37Cl2N3O3/c1-17(31-3)27(35)13-21(19-8-5-4-6-9-19)28(36)33-11-7-10-20(33)15-32-16-23(18(2)34)22-12-24(29)25(30)14-26(22)32/h12,14,16-17,19-21,31H,4-11,13,15H2,1-3H3. The Morgan fingerprint density at radius 3 is 2.42 bits per heavy atom. The molecule has 0 spiro atoms. The Hall–Kier alpha value is -1.89. The highest BCUT2D eigenvalue weighted by atomic mass is 35.5. The van der Waals surface area contributed by atoms with Crippen LogP contribution in [-0.2, 0) is 16.1 Å². The van der Waals surface area contributed by atoms with E-state index < -0.39 is 0 Å². The van der Waals surface area contributed by atoms with Gasteiger partial charge in [-0.1, -0.05) is 42.5 Å². The summed E-state index contributed by atoms with van der Waals surface area (Å²) in [5.41, 5.74) is 1.45. The summed E-state index contributed by atoms with van der Waals surface area (Å²) >= 11 is 12.6. The normalized spacial score (nSPS) is 20.6. The van der Waals surface area contributed by atoms with Gasteiger partial charge in [-0.2, -0.15) is 0 Å². The minimum Gasteiger partial charge on any atom is -0.345 e. The monoisotopic (exact) mass is 533 g/mol. The third-order valence-electron chi connectivity index (χ3n) is 8.24. The fourth-order valence-corrected chi connectivity index (χ4v) is 6.34. The summed E-state index contributed by atoms with van der Waals surface area (Å²) in [7, 11) is 1.78. The van der Waals surface area contributed by atoms with Crippen molar-refractivity contribution in [2.24, 2.45) is 11.8 Å². The van der Waals surface area contributed by atoms with Gasteiger partial charge in [-0.15, -0.1) is 0 Å². The van der Waals surface area contributed by atoms with Crippen molar-refractivity contribution < 1.29 is 14.4 Å². The minimum absolute atomic E-state index is 0.00489. The van der Waals surface area contributed by atoms with Crippen molar-refractivity contribution in [2.75, 3.05) is 13.6 Å². The van der Waals surface area contributed by atoms with Crippen LogP contribution in [0.2, 0.25) is 10.0 Å². The number of likely N-dealkylation sites (N-methyl/N-ethyl adjacent to an activating group) is 1. The van der Waals surface area contributed by atoms with E-state index in [0.29, 0.717) is 35.1 Å². The average Bonchev–Trinajstić information content (AvgIpc) is 3.47. The largest absolute Gasteiger partial charge is 0.345 e. The molecule has 1 aliphatic heterocycles. The molecule has 2 heterocycles. The van der Waals surface area contributed by atoms with Crippen LogP contribution in [0.3, 0.4) is 0 Å². The molecule has 2 aliphatic rings. The van der Waals surface area contributed by atoms with E-state index in [2.05, 4.69) is 5.32 Å². The highest BCUT2D eigenvalue weighted by Crippen LogP contribution is 2.36. The van der Waals surface area contributed by atoms with Crippen molar-refractivity contribution in [3.8, 4) is 0 Å². The van der Waals surface area contributed by atoms with Crippen LogP contribution < -0.4 is 5.32 Å². The maximum absolute atomic E-state index is 14.0. The second-order valence-corrected chi connectivity index (χ2v) is 11.4. The lowest BCUT2D eigenvalue weighted by Gasteiger charge is -2.35. The Kier molecular flexibility index (Phi) is 8.79. The lowest BCUT2D eigenvalue weighted by molar-refractivity contribution is -0.141. The van der Waals surface area contributed by atoms with Gasteiger partial charge in [0.1, 0.15) is 5.78 Å². The van der Waals surface area contributed by atoms with Crippen LogP contribution in [0.1, 0.15) is 75.6 Å². The maximum Gasteiger partial charge on any atom is 0.226 e. The lowest BCUT2D eigenvalue weighted by atomic mass is 9.76. The molecule has 1 amide bonds. The second-order valence-electron chi connectivity index (χ2n) is 10.5. The third kappa shape index (κ3) is 5.66. The molecule has 6 nitrogen and oxygen atoms in total. The van der Waals surface area contributed by atoms with Gasteiger partial charge in [0.15, 0.2) is 5.78 Å². The zero-order chi connectivity index (χ0) is 26.0. The van der Waals surface area contributed by atoms with E-state index in [1.165, 1.54) is 6.42 Å². The van der Waals surface area contributed by atoms with Crippen molar-refractivity contribution in [2.45, 2.75) is 83.8 Å². The summed E-state index contributed by atoms with van der Waals surface area (Å²) < 4.78 is 2.04. The number of amides is 1. The molecular weight excluding hydrogens is 497 g/mol. The van der Waals surface area contributed by atoms with Crippen molar-refractivity contribution in [1.82, 2.24) is 14.8 Å². The summed E-state index contributed by atoms with van der Waals surface area (Å²) in [6, 6.07) is 3.30. The molecule has 3 unspecified atom stereocenters. The van der Waals surface area contributed by atoms with E-state index >= 15 is 0 Å². The predicted octanol–water partition coefficient (Wildman–Crippen LogP) is 5.91. The van der Waals surface area contributed by atoms with Crippen LogP contribution in [0.4, 0.5) is 0 Å². The number of nitrogens with zero attached hydrogens (tertiary/aromatic N) is 2. The molecule has 1 aromatic heterocycles. The van der Waals surface area contributed by atoms with E-state index in [9.17, 15) is 14.4 Å². The predicted molar refractivity (Wildman–Crippen MR) is 145 cm³/mol. The van der Waals surface area contributed by atoms with Gasteiger partial charge < -0.3 is 14.8 Å². The average molecular weight is 535 g/mol. The Morgan fingerprint density at radius 1 is 1.06 bits per heavy atom. The molecule has 1 saturated heterocycles. The van der Waals surface area contributed by atoms with Gasteiger partial charge in [-0.3, -0.25) is 14.4 Å². The van der Waals surface area contributed by atoms with Crippen molar-refractivity contribution in [3.63, 3.8) is 0 Å². The molecule has 1 saturated carbocycles. The molecule has 1 N–H and O–H groups in total. The van der Waals surface area contributed by atoms with Gasteiger partial charge in [-0.25, -0.2) is 0 Å². The van der Waals surface area contributed by atoms with Gasteiger partial charge in [0.2, 0.25) is 5.91 Å². The number of fused-ring (bicyclic) bond motifs is 1. The summed E-state index contributed by atoms with van der Waals surface area (Å²) in [5.74, 6) is 0.178. The number of aromatic nitrogens is 1. The SMILES string of the molecule is CNC(C)C(=O)CC(C(=O)N1CCCC1Cn1cc(C(C)=O)c2cc(Cl)c(Cl)cc21)C1CCCCC1. The fourth-order valence-electron chi connectivity index (χ4n) is 6.02. The van der Waals surface area contributed by atoms with Gasteiger partial charge in [0.05, 0.1) is 21.6 Å². The quantitative estimate of drug-likeness (QED) is 0.407. The molecule has 0 bridgehead atoms. The number of ketones is 2. The number of nitrogens with one attached hydrogen (secondary N) is 1. The Morgan fingerprint density at radius 2 is 1.75 bits per heavy atom. The summed E-state index contributed by atoms with van der Waals surface area (Å²) in [4.78, 5) is 41.3. The Labute approximate surface area is 223 Å². The van der Waals surface area contributed by atoms with Crippen LogP contribution in [-0.4, -0.2) is 52.6 Å². The number of benzene rings is 1. The van der Waals surface area contributed by atoms with Gasteiger partial charge >= 0.3 is 0 Å². The van der Waals surface area contributed by atoms with Crippen LogP contribution in [0.15, 0.2) is 18.3 Å². The molecule has 196 valence electrons. The zero-order valence-electron chi connectivity index (χ0n) is 21.5. The maximum atomic E-state index is 14.0. The van der Waals surface area contributed by atoms with E-state index in [-0.39, 0.29) is 41.4 Å². The first kappa shape index (κ1) is 27.2. The number of rotatable bonds is 9. The molecule has 0 radical (unpaired) electrons. The van der Waals surface area contributed by atoms with Crippen LogP contribution in [0.5, 0.6) is 0 Å². The molecule has 1 aromatic carbocycles. The molecule has 2 aromatic rings. The van der Waals surface area contributed by atoms with Gasteiger partial charge in [0, 0.05) is 48.6 Å². The summed E-state index contributed by atoms with van der Waals surface area (Å²) in [6.45, 7) is 4.69. The Bertz CT molecular complexity index is 1140. The lowest BCUT2D eigenvalue weighted by Crippen LogP contribution is -2.45. The van der Waals surface area contributed by atoms with Crippen molar-refractivity contribution in [3.05, 3.63) is 33.9 Å². The first-order valence-electron chi connectivity index (χ1n) is 13.2. The van der Waals surface area contributed by atoms with E-state index in [1.54, 1.807) is 26.1 Å². The molecule has 4 rings (SSSR count). The highest BCUT2D eigenvalue weighted by molar-refractivity contribution is 6.43. The van der Waals surface area contributed by atoms with E-state index in [4.69, 9.17) is 23.2 Å². The van der Waals surface area contributed by atoms with Crippen LogP contribution >= 0.6 is 23.2 Å². The molecule has 2 fully saturated rings. The zero-order valence-corrected chi connectivity index (χ0v) is 23.0. The number of likely N-dealkylation sites (tertiary alicyclic amines) is 1. The van der Waals surface area contributed by atoms with E-state index in [1.807, 2.05) is 22.6 Å². The third-order valence-corrected chi connectivity index (χ3v) is 8.97. The molecule has 36 heavy (non-hydrogen) atoms. The number of carbonyl (C=O) groups is 3. The van der Waals surface area contributed by atoms with Crippen molar-refractivity contribution >= 4 is 51.6 Å². The summed E-state index contributed by atoms with van der Waals surface area (Å²) in [5, 5.41) is 4.66. The minimum atomic E-state index is -0.267. The summed E-state index contributed by atoms with van der Waals surface area (Å²) in [6.07, 6.45) is 9.46. The topological polar surface area (TPSA) is 71.4 Å². The molecule has 8 heteroatoms. The number of hydrogen-bond acceptors (Lipinski definition) is 4. The van der Waals surface area contributed by atoms with Gasteiger partial charge in [-0.05, 0) is 64.6 Å². The number of Topliss-reactive ketones (excluding diaryl/α,β-unsaturated/α-hetero) is 2. The number of halogens is 2. The second kappa shape index (κ2) is 11.7. The van der Waals surface area contributed by atoms with Crippen LogP contribution in [0, 0.1) is 11.8 Å². The molecule has 3 atom stereocenters. The fraction of sp³-hybridized carbons (Fsp3) is 0.607. The smallest absolute Gasteiger partial charge is 0.226 e. The Balaban J connectivity index is 1.60. The molecule has 1 aliphatic carbocycles. The number of carbonyl (C=O) groups excluding carboxylic acids is 3. The van der Waals surface area contributed by atoms with Crippen LogP contribution in [0.25, 0.3) is 10.9 Å². The van der Waals surface area contributed by atoms with Gasteiger partial charge in [0.25, 0.3) is 0 Å². The number of hydrogen-bond donors (Lipinski definition) is 1. The van der Waals surface area contributed by atoms with E-state index in [0.717, 1.165) is 49.4 Å². The molecular formula is C28H37Cl2N3O3. The first-order valence-corrected chi connectivity index (χ1v) is 14.0. The first-order chi connectivity index (χ1) is 17.2. The highest BCUT2D eigenvalue weighted by Gasteiger charge is 2.39. The van der Waals surface area contributed by atoms with Crippen molar-refractivity contribution in [1.29, 1.82) is 0 Å².